The molecule has 170 valence electrons. The monoisotopic (exact) mass is 454 g/mol. The highest BCUT2D eigenvalue weighted by Crippen LogP contribution is 2.38. The maximum absolute atomic E-state index is 13.4. The number of likely N-dealkylation sites (tertiary alicyclic amines) is 1. The summed E-state index contributed by atoms with van der Waals surface area (Å²) >= 11 is 5.96. The number of quaternary nitrogens is 1. The molecule has 0 aromatic heterocycles. The first-order valence-corrected chi connectivity index (χ1v) is 11.6. The number of halogens is 1. The standard InChI is InChI=1S/C26H31ClN2O3/c1-5-28(6-2)15-16-29-23(19-9-7-18(8-10-19)17(3)4)22(25(31)26(29)32)24(30)20-11-13-21(27)14-12-20/h7-14,17,23,30H,5-6,15-16H2,1-4H3. The summed E-state index contributed by atoms with van der Waals surface area (Å²) in [6.45, 7) is 11.4. The number of nitrogens with zero attached hydrogens (tertiary/aromatic N) is 1. The molecule has 1 atom stereocenters. The van der Waals surface area contributed by atoms with E-state index < -0.39 is 23.5 Å². The van der Waals surface area contributed by atoms with E-state index in [1.165, 1.54) is 4.90 Å². The summed E-state index contributed by atoms with van der Waals surface area (Å²) in [7, 11) is 0. The average molecular weight is 455 g/mol. The van der Waals surface area contributed by atoms with E-state index in [0.29, 0.717) is 23.0 Å². The molecular formula is C26H31ClN2O3. The van der Waals surface area contributed by atoms with Crippen LogP contribution < -0.4 is 10.0 Å². The lowest BCUT2D eigenvalue weighted by atomic mass is 9.93. The van der Waals surface area contributed by atoms with Gasteiger partial charge in [-0.1, -0.05) is 67.6 Å². The number of nitrogens with one attached hydrogen (secondary N) is 1. The van der Waals surface area contributed by atoms with Crippen molar-refractivity contribution in [2.45, 2.75) is 39.7 Å². The lowest BCUT2D eigenvalue weighted by Crippen LogP contribution is -3.12. The zero-order valence-electron chi connectivity index (χ0n) is 19.2. The summed E-state index contributed by atoms with van der Waals surface area (Å²) in [6.07, 6.45) is 0. The van der Waals surface area contributed by atoms with Crippen molar-refractivity contribution in [1.29, 1.82) is 0 Å². The zero-order valence-corrected chi connectivity index (χ0v) is 19.9. The molecule has 1 amide bonds. The molecule has 0 saturated carbocycles. The predicted molar refractivity (Wildman–Crippen MR) is 125 cm³/mol. The van der Waals surface area contributed by atoms with E-state index in [-0.39, 0.29) is 5.57 Å². The number of hydrogen-bond donors (Lipinski definition) is 1. The SMILES string of the molecule is CC[NH+](CC)CCN1C(=O)C(=O)C(=C([O-])c2ccc(Cl)cc2)C1c1ccc(C(C)C)cc1. The molecule has 1 N–H and O–H groups in total. The maximum atomic E-state index is 13.4. The lowest BCUT2D eigenvalue weighted by molar-refractivity contribution is -0.895. The van der Waals surface area contributed by atoms with Crippen LogP contribution in [0.4, 0.5) is 0 Å². The Morgan fingerprint density at radius 1 is 1.03 bits per heavy atom. The third kappa shape index (κ3) is 4.89. The molecule has 0 bridgehead atoms. The minimum Gasteiger partial charge on any atom is -0.872 e. The van der Waals surface area contributed by atoms with Gasteiger partial charge in [0.25, 0.3) is 5.91 Å². The number of ketones is 1. The first-order chi connectivity index (χ1) is 15.3. The van der Waals surface area contributed by atoms with E-state index in [1.807, 2.05) is 24.3 Å². The average Bonchev–Trinajstić information content (AvgIpc) is 3.04. The zero-order chi connectivity index (χ0) is 23.4. The fourth-order valence-corrected chi connectivity index (χ4v) is 4.28. The summed E-state index contributed by atoms with van der Waals surface area (Å²) in [5, 5.41) is 13.9. The number of carbonyl (C=O) groups excluding carboxylic acids is 2. The van der Waals surface area contributed by atoms with Crippen LogP contribution in [-0.2, 0) is 9.59 Å². The summed E-state index contributed by atoms with van der Waals surface area (Å²) in [5.74, 6) is -1.38. The third-order valence-corrected chi connectivity index (χ3v) is 6.51. The summed E-state index contributed by atoms with van der Waals surface area (Å²) in [6, 6.07) is 13.6. The molecule has 1 aliphatic rings. The number of benzene rings is 2. The molecule has 3 rings (SSSR count). The van der Waals surface area contributed by atoms with Gasteiger partial charge in [-0.3, -0.25) is 9.59 Å². The van der Waals surface area contributed by atoms with Crippen LogP contribution in [0.5, 0.6) is 0 Å². The molecular weight excluding hydrogens is 424 g/mol. The number of rotatable bonds is 8. The molecule has 6 heteroatoms. The van der Waals surface area contributed by atoms with E-state index >= 15 is 0 Å². The quantitative estimate of drug-likeness (QED) is 0.379. The van der Waals surface area contributed by atoms with Crippen LogP contribution in [0.2, 0.25) is 5.02 Å². The highest BCUT2D eigenvalue weighted by atomic mass is 35.5. The molecule has 32 heavy (non-hydrogen) atoms. The summed E-state index contributed by atoms with van der Waals surface area (Å²) in [4.78, 5) is 29.0. The largest absolute Gasteiger partial charge is 0.872 e. The van der Waals surface area contributed by atoms with Gasteiger partial charge in [-0.05, 0) is 48.6 Å². The Kier molecular flexibility index (Phi) is 7.75. The van der Waals surface area contributed by atoms with Crippen LogP contribution in [0.15, 0.2) is 54.1 Å². The van der Waals surface area contributed by atoms with Gasteiger partial charge in [0.15, 0.2) is 0 Å². The van der Waals surface area contributed by atoms with Gasteiger partial charge in [-0.25, -0.2) is 0 Å². The van der Waals surface area contributed by atoms with Gasteiger partial charge in [0, 0.05) is 10.6 Å². The van der Waals surface area contributed by atoms with Gasteiger partial charge < -0.3 is 14.9 Å². The normalized spacial score (nSPS) is 18.2. The smallest absolute Gasteiger partial charge is 0.295 e. The van der Waals surface area contributed by atoms with E-state index in [1.54, 1.807) is 29.2 Å². The molecule has 2 aromatic rings. The topological polar surface area (TPSA) is 64.9 Å². The molecule has 1 heterocycles. The van der Waals surface area contributed by atoms with Crippen LogP contribution in [0.1, 0.15) is 56.3 Å². The highest BCUT2D eigenvalue weighted by Gasteiger charge is 2.44. The molecule has 1 saturated heterocycles. The Hall–Kier alpha value is -2.63. The van der Waals surface area contributed by atoms with Crippen molar-refractivity contribution in [2.75, 3.05) is 26.2 Å². The second-order valence-corrected chi connectivity index (χ2v) is 8.94. The maximum Gasteiger partial charge on any atom is 0.295 e. The van der Waals surface area contributed by atoms with Crippen LogP contribution in [0.25, 0.3) is 5.76 Å². The number of amides is 1. The Morgan fingerprint density at radius 2 is 1.62 bits per heavy atom. The molecule has 5 nitrogen and oxygen atoms in total. The van der Waals surface area contributed by atoms with Gasteiger partial charge in [-0.15, -0.1) is 0 Å². The van der Waals surface area contributed by atoms with Crippen LogP contribution in [0.3, 0.4) is 0 Å². The van der Waals surface area contributed by atoms with Gasteiger partial charge in [-0.2, -0.15) is 0 Å². The number of carbonyl (C=O) groups is 2. The first-order valence-electron chi connectivity index (χ1n) is 11.2. The Balaban J connectivity index is 2.09. The Labute approximate surface area is 195 Å². The molecule has 1 aliphatic heterocycles. The van der Waals surface area contributed by atoms with Gasteiger partial charge in [0.2, 0.25) is 5.78 Å². The fraction of sp³-hybridized carbons (Fsp3) is 0.385. The van der Waals surface area contributed by atoms with Crippen LogP contribution >= 0.6 is 11.6 Å². The number of hydrogen-bond acceptors (Lipinski definition) is 3. The van der Waals surface area contributed by atoms with Crippen molar-refractivity contribution in [3.63, 3.8) is 0 Å². The lowest BCUT2D eigenvalue weighted by Gasteiger charge is -2.28. The van der Waals surface area contributed by atoms with E-state index in [9.17, 15) is 14.7 Å². The molecule has 0 spiro atoms. The van der Waals surface area contributed by atoms with Crippen molar-refractivity contribution >= 4 is 29.1 Å². The van der Waals surface area contributed by atoms with Crippen molar-refractivity contribution in [2.24, 2.45) is 0 Å². The van der Waals surface area contributed by atoms with Gasteiger partial charge in [0.1, 0.15) is 0 Å². The summed E-state index contributed by atoms with van der Waals surface area (Å²) in [5.41, 5.74) is 2.31. The number of likely N-dealkylation sites (N-methyl/N-ethyl adjacent to an activating group) is 1. The Bertz CT molecular complexity index is 993. The molecule has 0 aliphatic carbocycles. The number of Topliss-reactive ketones (excluding diaryl/α,β-unsaturated/α-hetero) is 1. The van der Waals surface area contributed by atoms with E-state index in [0.717, 1.165) is 30.8 Å². The van der Waals surface area contributed by atoms with Crippen molar-refractivity contribution in [3.05, 3.63) is 75.8 Å². The minimum absolute atomic E-state index is 0.0177. The van der Waals surface area contributed by atoms with Crippen LogP contribution in [0, 0.1) is 0 Å². The minimum atomic E-state index is -0.711. The molecule has 1 unspecified atom stereocenters. The van der Waals surface area contributed by atoms with Crippen LogP contribution in [-0.4, -0.2) is 42.8 Å². The van der Waals surface area contributed by atoms with Crippen molar-refractivity contribution in [1.82, 2.24) is 4.90 Å². The Morgan fingerprint density at radius 3 is 2.16 bits per heavy atom. The molecule has 0 radical (unpaired) electrons. The fourth-order valence-electron chi connectivity index (χ4n) is 4.15. The predicted octanol–water partition coefficient (Wildman–Crippen LogP) is 2.61. The highest BCUT2D eigenvalue weighted by molar-refractivity contribution is 6.46. The molecule has 2 aromatic carbocycles. The molecule has 1 fully saturated rings. The van der Waals surface area contributed by atoms with E-state index in [4.69, 9.17) is 11.6 Å². The van der Waals surface area contributed by atoms with Gasteiger partial charge in [0.05, 0.1) is 32.2 Å². The first kappa shape index (κ1) is 24.0. The van der Waals surface area contributed by atoms with E-state index in [2.05, 4.69) is 27.7 Å². The summed E-state index contributed by atoms with van der Waals surface area (Å²) < 4.78 is 0. The van der Waals surface area contributed by atoms with Gasteiger partial charge >= 0.3 is 0 Å². The third-order valence-electron chi connectivity index (χ3n) is 6.26. The van der Waals surface area contributed by atoms with Crippen molar-refractivity contribution in [3.8, 4) is 0 Å². The second kappa shape index (κ2) is 10.3. The second-order valence-electron chi connectivity index (χ2n) is 8.51. The van der Waals surface area contributed by atoms with Crippen molar-refractivity contribution < 1.29 is 19.6 Å².